The van der Waals surface area contributed by atoms with Gasteiger partial charge in [0, 0.05) is 16.3 Å². The number of carbonyl (C=O) groups excluding carboxylic acids is 2. The standard InChI is InChI=1S/C30H30ClNO4/c1-6-36-23-15-10-20(11-16-23)27(33)25-26(19-8-12-21(13-9-19)30(3,4)5)32(29(35)28(25)34)22-14-7-18(2)24(31)17-22/h7-17,26,33H,6H2,1-5H3/b27-25+. The van der Waals surface area contributed by atoms with E-state index in [0.29, 0.717) is 34.2 Å². The maximum absolute atomic E-state index is 13.4. The van der Waals surface area contributed by atoms with Crippen LogP contribution in [0.1, 0.15) is 56.0 Å². The van der Waals surface area contributed by atoms with Crippen molar-refractivity contribution < 1.29 is 19.4 Å². The maximum atomic E-state index is 13.4. The molecular formula is C30H30ClNO4. The number of anilines is 1. The lowest BCUT2D eigenvalue weighted by atomic mass is 9.85. The zero-order chi connectivity index (χ0) is 26.2. The number of hydrogen-bond acceptors (Lipinski definition) is 4. The van der Waals surface area contributed by atoms with Crippen molar-refractivity contribution in [2.24, 2.45) is 0 Å². The first kappa shape index (κ1) is 25.5. The molecule has 1 aliphatic heterocycles. The van der Waals surface area contributed by atoms with E-state index in [1.54, 1.807) is 36.4 Å². The summed E-state index contributed by atoms with van der Waals surface area (Å²) in [7, 11) is 0. The molecule has 6 heteroatoms. The normalized spacial score (nSPS) is 17.5. The highest BCUT2D eigenvalue weighted by atomic mass is 35.5. The fourth-order valence-electron chi connectivity index (χ4n) is 4.34. The van der Waals surface area contributed by atoms with Crippen molar-refractivity contribution in [2.75, 3.05) is 11.5 Å². The van der Waals surface area contributed by atoms with Gasteiger partial charge in [-0.15, -0.1) is 0 Å². The minimum absolute atomic E-state index is 0.0318. The summed E-state index contributed by atoms with van der Waals surface area (Å²) in [5.74, 6) is -1.05. The van der Waals surface area contributed by atoms with Crippen LogP contribution in [0.15, 0.2) is 72.3 Å². The molecule has 0 radical (unpaired) electrons. The van der Waals surface area contributed by atoms with Gasteiger partial charge in [-0.05, 0) is 72.4 Å². The SMILES string of the molecule is CCOc1ccc(/C(O)=C2\C(=O)C(=O)N(c3ccc(C)c(Cl)c3)C2c2ccc(C(C)(C)C)cc2)cc1. The molecule has 0 saturated carbocycles. The molecule has 0 aromatic heterocycles. The minimum Gasteiger partial charge on any atom is -0.507 e. The van der Waals surface area contributed by atoms with Crippen LogP contribution in [0.25, 0.3) is 5.76 Å². The van der Waals surface area contributed by atoms with E-state index in [1.807, 2.05) is 44.2 Å². The predicted molar refractivity (Wildman–Crippen MR) is 144 cm³/mol. The Hall–Kier alpha value is -3.57. The first-order chi connectivity index (χ1) is 17.0. The smallest absolute Gasteiger partial charge is 0.300 e. The Balaban J connectivity index is 1.90. The molecule has 1 amide bonds. The van der Waals surface area contributed by atoms with Gasteiger partial charge in [-0.3, -0.25) is 14.5 Å². The van der Waals surface area contributed by atoms with E-state index in [-0.39, 0.29) is 16.7 Å². The van der Waals surface area contributed by atoms with Crippen LogP contribution in [0.5, 0.6) is 5.75 Å². The van der Waals surface area contributed by atoms with Gasteiger partial charge in [0.15, 0.2) is 0 Å². The number of Topliss-reactive ketones (excluding diaryl/α,β-unsaturated/α-hetero) is 1. The number of aliphatic hydroxyl groups is 1. The van der Waals surface area contributed by atoms with Crippen LogP contribution >= 0.6 is 11.6 Å². The monoisotopic (exact) mass is 503 g/mol. The number of nitrogens with zero attached hydrogens (tertiary/aromatic N) is 1. The first-order valence-electron chi connectivity index (χ1n) is 11.9. The minimum atomic E-state index is -0.815. The highest BCUT2D eigenvalue weighted by Gasteiger charge is 2.47. The molecule has 1 heterocycles. The Labute approximate surface area is 217 Å². The largest absolute Gasteiger partial charge is 0.507 e. The fourth-order valence-corrected chi connectivity index (χ4v) is 4.52. The number of ketones is 1. The molecular weight excluding hydrogens is 474 g/mol. The maximum Gasteiger partial charge on any atom is 0.300 e. The molecule has 3 aromatic rings. The van der Waals surface area contributed by atoms with E-state index in [4.69, 9.17) is 16.3 Å². The Bertz CT molecular complexity index is 1330. The number of amides is 1. The second-order valence-electron chi connectivity index (χ2n) is 9.93. The van der Waals surface area contributed by atoms with E-state index >= 15 is 0 Å². The molecule has 1 aliphatic rings. The Kier molecular flexibility index (Phi) is 6.96. The molecule has 4 rings (SSSR count). The molecule has 1 atom stereocenters. The molecule has 5 nitrogen and oxygen atoms in total. The molecule has 36 heavy (non-hydrogen) atoms. The van der Waals surface area contributed by atoms with E-state index in [9.17, 15) is 14.7 Å². The third-order valence-electron chi connectivity index (χ3n) is 6.41. The summed E-state index contributed by atoms with van der Waals surface area (Å²) in [5.41, 5.74) is 3.58. The molecule has 0 spiro atoms. The average Bonchev–Trinajstić information content (AvgIpc) is 3.11. The van der Waals surface area contributed by atoms with Crippen LogP contribution in [0.2, 0.25) is 5.02 Å². The third kappa shape index (κ3) is 4.76. The Morgan fingerprint density at radius 2 is 1.64 bits per heavy atom. The second-order valence-corrected chi connectivity index (χ2v) is 10.3. The van der Waals surface area contributed by atoms with Gasteiger partial charge in [0.1, 0.15) is 11.5 Å². The fraction of sp³-hybridized carbons (Fsp3) is 0.267. The van der Waals surface area contributed by atoms with Gasteiger partial charge in [0.05, 0.1) is 18.2 Å². The highest BCUT2D eigenvalue weighted by molar-refractivity contribution is 6.51. The lowest BCUT2D eigenvalue weighted by Crippen LogP contribution is -2.29. The molecule has 1 fully saturated rings. The average molecular weight is 504 g/mol. The first-order valence-corrected chi connectivity index (χ1v) is 12.3. The molecule has 1 saturated heterocycles. The third-order valence-corrected chi connectivity index (χ3v) is 6.82. The summed E-state index contributed by atoms with van der Waals surface area (Å²) in [6.45, 7) is 10.6. The van der Waals surface area contributed by atoms with Crippen molar-refractivity contribution in [3.8, 4) is 5.75 Å². The summed E-state index contributed by atoms with van der Waals surface area (Å²) in [4.78, 5) is 28.2. The van der Waals surface area contributed by atoms with Crippen molar-refractivity contribution in [3.63, 3.8) is 0 Å². The van der Waals surface area contributed by atoms with E-state index in [0.717, 1.165) is 11.1 Å². The van der Waals surface area contributed by atoms with Crippen molar-refractivity contribution >= 4 is 34.7 Å². The van der Waals surface area contributed by atoms with Gasteiger partial charge in [-0.2, -0.15) is 0 Å². The van der Waals surface area contributed by atoms with Gasteiger partial charge in [-0.25, -0.2) is 0 Å². The van der Waals surface area contributed by atoms with Gasteiger partial charge in [-0.1, -0.05) is 62.7 Å². The van der Waals surface area contributed by atoms with E-state index in [2.05, 4.69) is 20.8 Å². The van der Waals surface area contributed by atoms with Gasteiger partial charge >= 0.3 is 0 Å². The summed E-state index contributed by atoms with van der Waals surface area (Å²) in [5, 5.41) is 11.8. The number of ether oxygens (including phenoxy) is 1. The van der Waals surface area contributed by atoms with Crippen molar-refractivity contribution in [1.29, 1.82) is 0 Å². The van der Waals surface area contributed by atoms with Crippen LogP contribution in [0.4, 0.5) is 5.69 Å². The number of rotatable bonds is 5. The van der Waals surface area contributed by atoms with Gasteiger partial charge in [0.25, 0.3) is 11.7 Å². The summed E-state index contributed by atoms with van der Waals surface area (Å²) < 4.78 is 5.49. The topological polar surface area (TPSA) is 66.8 Å². The quantitative estimate of drug-likeness (QED) is 0.232. The van der Waals surface area contributed by atoms with Crippen LogP contribution in [0.3, 0.4) is 0 Å². The van der Waals surface area contributed by atoms with Crippen LogP contribution in [-0.2, 0) is 15.0 Å². The Morgan fingerprint density at radius 3 is 2.19 bits per heavy atom. The van der Waals surface area contributed by atoms with Crippen LogP contribution in [-0.4, -0.2) is 23.4 Å². The van der Waals surface area contributed by atoms with Crippen molar-refractivity contribution in [1.82, 2.24) is 0 Å². The Morgan fingerprint density at radius 1 is 1.00 bits per heavy atom. The van der Waals surface area contributed by atoms with Gasteiger partial charge in [0.2, 0.25) is 0 Å². The number of aliphatic hydroxyl groups excluding tert-OH is 1. The predicted octanol–water partition coefficient (Wildman–Crippen LogP) is 6.97. The zero-order valence-electron chi connectivity index (χ0n) is 21.1. The van der Waals surface area contributed by atoms with E-state index < -0.39 is 17.7 Å². The number of aryl methyl sites for hydroxylation is 1. The lowest BCUT2D eigenvalue weighted by molar-refractivity contribution is -0.132. The second kappa shape index (κ2) is 9.82. The summed E-state index contributed by atoms with van der Waals surface area (Å²) in [6, 6.07) is 19.0. The van der Waals surface area contributed by atoms with E-state index in [1.165, 1.54) is 4.90 Å². The number of benzene rings is 3. The molecule has 1 N–H and O–H groups in total. The molecule has 1 unspecified atom stereocenters. The number of halogens is 1. The molecule has 3 aromatic carbocycles. The van der Waals surface area contributed by atoms with Gasteiger partial charge < -0.3 is 9.84 Å². The zero-order valence-corrected chi connectivity index (χ0v) is 21.9. The summed E-state index contributed by atoms with van der Waals surface area (Å²) in [6.07, 6.45) is 0. The van der Waals surface area contributed by atoms with Crippen molar-refractivity contribution in [2.45, 2.75) is 46.1 Å². The summed E-state index contributed by atoms with van der Waals surface area (Å²) >= 11 is 6.38. The molecule has 0 bridgehead atoms. The molecule has 186 valence electrons. The highest BCUT2D eigenvalue weighted by Crippen LogP contribution is 2.43. The number of hydrogen-bond donors (Lipinski definition) is 1. The van der Waals surface area contributed by atoms with Crippen LogP contribution in [0, 0.1) is 6.92 Å². The van der Waals surface area contributed by atoms with Crippen molar-refractivity contribution in [3.05, 3.63) is 99.6 Å². The van der Waals surface area contributed by atoms with Crippen LogP contribution < -0.4 is 9.64 Å². The molecule has 0 aliphatic carbocycles. The number of carbonyl (C=O) groups is 2. The lowest BCUT2D eigenvalue weighted by Gasteiger charge is -2.27.